The molecule has 0 atom stereocenters. The minimum Gasteiger partial charge on any atom is -0.497 e. The van der Waals surface area contributed by atoms with Crippen molar-refractivity contribution in [3.63, 3.8) is 0 Å². The Balaban J connectivity index is 1.88. The van der Waals surface area contributed by atoms with Gasteiger partial charge >= 0.3 is 0 Å². The number of halogens is 1. The van der Waals surface area contributed by atoms with Gasteiger partial charge in [-0.2, -0.15) is 0 Å². The Morgan fingerprint density at radius 1 is 1.16 bits per heavy atom. The van der Waals surface area contributed by atoms with Crippen LogP contribution in [0, 0.1) is 6.92 Å². The number of methoxy groups -OCH3 is 2. The summed E-state index contributed by atoms with van der Waals surface area (Å²) in [7, 11) is 3.12. The van der Waals surface area contributed by atoms with E-state index in [1.54, 1.807) is 32.4 Å². The normalized spacial score (nSPS) is 10.6. The molecule has 130 valence electrons. The maximum Gasteiger partial charge on any atom is 0.267 e. The zero-order chi connectivity index (χ0) is 18.0. The minimum absolute atomic E-state index is 0.240. The summed E-state index contributed by atoms with van der Waals surface area (Å²) in [6, 6.07) is 8.95. The second kappa shape index (κ2) is 7.43. The number of rotatable bonds is 5. The largest absolute Gasteiger partial charge is 0.497 e. The molecule has 8 heteroatoms. The molecule has 0 aliphatic rings. The highest BCUT2D eigenvalue weighted by molar-refractivity contribution is 7.24. The first kappa shape index (κ1) is 17.7. The third kappa shape index (κ3) is 3.78. The number of nitrogens with one attached hydrogen (secondary N) is 1. The molecule has 2 heterocycles. The molecule has 0 unspecified atom stereocenters. The lowest BCUT2D eigenvalue weighted by atomic mass is 10.2. The van der Waals surface area contributed by atoms with Gasteiger partial charge in [-0.15, -0.1) is 22.7 Å². The summed E-state index contributed by atoms with van der Waals surface area (Å²) in [5.41, 5.74) is 1.21. The molecule has 25 heavy (non-hydrogen) atoms. The molecule has 1 N–H and O–H groups in total. The molecule has 1 aromatic carbocycles. The van der Waals surface area contributed by atoms with Gasteiger partial charge in [-0.25, -0.2) is 4.98 Å². The van der Waals surface area contributed by atoms with E-state index in [0.717, 1.165) is 9.88 Å². The monoisotopic (exact) mass is 394 g/mol. The molecule has 0 saturated heterocycles. The maximum atomic E-state index is 12.7. The van der Waals surface area contributed by atoms with E-state index in [9.17, 15) is 4.79 Å². The average molecular weight is 395 g/mol. The number of thiazole rings is 1. The number of aromatic nitrogens is 1. The van der Waals surface area contributed by atoms with Crippen LogP contribution in [0.4, 0.5) is 5.69 Å². The van der Waals surface area contributed by atoms with Crippen LogP contribution in [-0.2, 0) is 0 Å². The Hall–Kier alpha value is -2.09. The molecule has 2 aromatic heterocycles. The fraction of sp³-hybridized carbons (Fsp3) is 0.176. The maximum absolute atomic E-state index is 12.7. The number of nitrogens with zero attached hydrogens (tertiary/aromatic N) is 1. The number of carbonyl (C=O) groups is 1. The Kier molecular flexibility index (Phi) is 5.27. The molecule has 0 radical (unpaired) electrons. The molecule has 5 nitrogen and oxygen atoms in total. The Morgan fingerprint density at radius 2 is 1.96 bits per heavy atom. The highest BCUT2D eigenvalue weighted by atomic mass is 35.5. The molecular formula is C17H15ClN2O3S2. The molecule has 3 rings (SSSR count). The third-order valence-corrected chi connectivity index (χ3v) is 6.00. The zero-order valence-electron chi connectivity index (χ0n) is 13.8. The molecular weight excluding hydrogens is 380 g/mol. The molecule has 3 aromatic rings. The average Bonchev–Trinajstić information content (AvgIpc) is 3.20. The molecule has 0 saturated carbocycles. The first-order valence-electron chi connectivity index (χ1n) is 7.28. The number of thiophene rings is 1. The van der Waals surface area contributed by atoms with Gasteiger partial charge in [-0.05, 0) is 31.2 Å². The Bertz CT molecular complexity index is 921. The van der Waals surface area contributed by atoms with Gasteiger partial charge in [0.15, 0.2) is 0 Å². The standard InChI is InChI=1S/C17H15ClN2O3S2/c1-9-15(25-17(19-9)13-6-7-14(18)24-13)16(21)20-11-8-10(22-2)4-5-12(11)23-3/h4-8H,1-3H3,(H,20,21). The second-order valence-electron chi connectivity index (χ2n) is 5.06. The number of carbonyl (C=O) groups excluding carboxylic acids is 1. The zero-order valence-corrected chi connectivity index (χ0v) is 16.1. The molecule has 0 fully saturated rings. The smallest absolute Gasteiger partial charge is 0.267 e. The number of amides is 1. The van der Waals surface area contributed by atoms with E-state index in [1.165, 1.54) is 22.7 Å². The van der Waals surface area contributed by atoms with Crippen molar-refractivity contribution in [2.45, 2.75) is 6.92 Å². The fourth-order valence-electron chi connectivity index (χ4n) is 2.23. The van der Waals surface area contributed by atoms with Crippen LogP contribution in [-0.4, -0.2) is 25.1 Å². The summed E-state index contributed by atoms with van der Waals surface area (Å²) in [5.74, 6) is 0.947. The van der Waals surface area contributed by atoms with Crippen molar-refractivity contribution in [2.24, 2.45) is 0 Å². The van der Waals surface area contributed by atoms with Crippen molar-refractivity contribution in [1.29, 1.82) is 0 Å². The highest BCUT2D eigenvalue weighted by Crippen LogP contribution is 2.36. The lowest BCUT2D eigenvalue weighted by Gasteiger charge is -2.11. The van der Waals surface area contributed by atoms with Crippen LogP contribution in [0.5, 0.6) is 11.5 Å². The molecule has 1 amide bonds. The van der Waals surface area contributed by atoms with Crippen LogP contribution in [0.25, 0.3) is 9.88 Å². The van der Waals surface area contributed by atoms with Crippen molar-refractivity contribution in [2.75, 3.05) is 19.5 Å². The summed E-state index contributed by atoms with van der Waals surface area (Å²) in [6.07, 6.45) is 0. The minimum atomic E-state index is -0.240. The van der Waals surface area contributed by atoms with Crippen LogP contribution in [0.3, 0.4) is 0 Å². The van der Waals surface area contributed by atoms with Gasteiger partial charge in [0.05, 0.1) is 34.8 Å². The van der Waals surface area contributed by atoms with Crippen molar-refractivity contribution >= 4 is 45.9 Å². The van der Waals surface area contributed by atoms with Gasteiger partial charge in [0.2, 0.25) is 0 Å². The van der Waals surface area contributed by atoms with E-state index >= 15 is 0 Å². The Morgan fingerprint density at radius 3 is 2.60 bits per heavy atom. The number of aryl methyl sites for hydroxylation is 1. The van der Waals surface area contributed by atoms with Gasteiger partial charge < -0.3 is 14.8 Å². The van der Waals surface area contributed by atoms with Crippen LogP contribution in [0.15, 0.2) is 30.3 Å². The summed E-state index contributed by atoms with van der Waals surface area (Å²) in [6.45, 7) is 1.81. The number of benzene rings is 1. The van der Waals surface area contributed by atoms with Crippen molar-refractivity contribution < 1.29 is 14.3 Å². The van der Waals surface area contributed by atoms with E-state index < -0.39 is 0 Å². The van der Waals surface area contributed by atoms with E-state index in [4.69, 9.17) is 21.1 Å². The van der Waals surface area contributed by atoms with Crippen LogP contribution in [0.1, 0.15) is 15.4 Å². The van der Waals surface area contributed by atoms with Crippen LogP contribution < -0.4 is 14.8 Å². The first-order chi connectivity index (χ1) is 12.0. The molecule has 0 aliphatic heterocycles. The number of ether oxygens (including phenoxy) is 2. The molecule has 0 bridgehead atoms. The summed E-state index contributed by atoms with van der Waals surface area (Å²) >= 11 is 8.75. The Labute approximate surface area is 158 Å². The van der Waals surface area contributed by atoms with Crippen molar-refractivity contribution in [3.8, 4) is 21.4 Å². The highest BCUT2D eigenvalue weighted by Gasteiger charge is 2.19. The number of anilines is 1. The summed E-state index contributed by atoms with van der Waals surface area (Å²) in [5, 5.41) is 3.64. The van der Waals surface area contributed by atoms with Gasteiger partial charge in [0, 0.05) is 6.07 Å². The van der Waals surface area contributed by atoms with Crippen LogP contribution in [0.2, 0.25) is 4.34 Å². The summed E-state index contributed by atoms with van der Waals surface area (Å²) < 4.78 is 11.2. The van der Waals surface area contributed by atoms with E-state index in [0.29, 0.717) is 32.1 Å². The topological polar surface area (TPSA) is 60.5 Å². The SMILES string of the molecule is COc1ccc(OC)c(NC(=O)c2sc(-c3ccc(Cl)s3)nc2C)c1. The first-order valence-corrected chi connectivity index (χ1v) is 9.29. The summed E-state index contributed by atoms with van der Waals surface area (Å²) in [4.78, 5) is 18.7. The molecule has 0 aliphatic carbocycles. The van der Waals surface area contributed by atoms with E-state index in [-0.39, 0.29) is 5.91 Å². The third-order valence-electron chi connectivity index (χ3n) is 3.44. The van der Waals surface area contributed by atoms with Crippen molar-refractivity contribution in [3.05, 3.63) is 45.2 Å². The number of hydrogen-bond donors (Lipinski definition) is 1. The lowest BCUT2D eigenvalue weighted by molar-refractivity contribution is 0.102. The second-order valence-corrected chi connectivity index (χ2v) is 7.77. The van der Waals surface area contributed by atoms with Crippen molar-refractivity contribution in [1.82, 2.24) is 4.98 Å². The van der Waals surface area contributed by atoms with Crippen LogP contribution >= 0.6 is 34.3 Å². The predicted molar refractivity (Wildman–Crippen MR) is 103 cm³/mol. The van der Waals surface area contributed by atoms with Gasteiger partial charge in [0.25, 0.3) is 5.91 Å². The van der Waals surface area contributed by atoms with Gasteiger partial charge in [-0.1, -0.05) is 11.6 Å². The quantitative estimate of drug-likeness (QED) is 0.653. The van der Waals surface area contributed by atoms with E-state index in [2.05, 4.69) is 10.3 Å². The number of hydrogen-bond acceptors (Lipinski definition) is 6. The van der Waals surface area contributed by atoms with Gasteiger partial charge in [-0.3, -0.25) is 4.79 Å². The predicted octanol–water partition coefficient (Wildman–Crippen LogP) is 5.10. The van der Waals surface area contributed by atoms with Gasteiger partial charge in [0.1, 0.15) is 21.4 Å². The molecule has 0 spiro atoms. The van der Waals surface area contributed by atoms with E-state index in [1.807, 2.05) is 19.1 Å². The lowest BCUT2D eigenvalue weighted by Crippen LogP contribution is -2.12. The fourth-order valence-corrected chi connectivity index (χ4v) is 4.29.